The van der Waals surface area contributed by atoms with E-state index >= 15 is 0 Å². The zero-order valence-electron chi connectivity index (χ0n) is 48.8. The maximum atomic E-state index is 13.0. The summed E-state index contributed by atoms with van der Waals surface area (Å²) in [6, 6.07) is -0.895. The molecular weight excluding hydrogens is 924 g/mol. The number of quaternary nitrogens is 1. The van der Waals surface area contributed by atoms with Crippen LogP contribution in [0.15, 0.2) is 60.8 Å². The Morgan fingerprint density at radius 2 is 0.836 bits per heavy atom. The van der Waals surface area contributed by atoms with Crippen LogP contribution in [0.1, 0.15) is 290 Å². The zero-order chi connectivity index (χ0) is 53.5. The SMILES string of the molecule is CC/C=C\C/C=C\C/C=C\C/C=C\CCCCCCCCCCC(=O)NC(COP(=O)([O-])OCC[N+](C)(C)C)C(O)/C=C/CCCCCCCCCCCCCCCCCCCCCCCCCCCCCC. The highest BCUT2D eigenvalue weighted by Gasteiger charge is 2.23. The van der Waals surface area contributed by atoms with Crippen LogP contribution in [0, 0.1) is 0 Å². The first-order valence-electron chi connectivity index (χ1n) is 31.2. The van der Waals surface area contributed by atoms with Gasteiger partial charge < -0.3 is 28.8 Å². The van der Waals surface area contributed by atoms with Crippen LogP contribution in [0.4, 0.5) is 0 Å². The van der Waals surface area contributed by atoms with E-state index in [2.05, 4.69) is 67.8 Å². The molecule has 9 heteroatoms. The van der Waals surface area contributed by atoms with E-state index in [1.54, 1.807) is 6.08 Å². The molecule has 8 nitrogen and oxygen atoms in total. The summed E-state index contributed by atoms with van der Waals surface area (Å²) in [5, 5.41) is 13.9. The number of carbonyl (C=O) groups is 1. The van der Waals surface area contributed by atoms with Crippen LogP contribution >= 0.6 is 7.82 Å². The summed E-state index contributed by atoms with van der Waals surface area (Å²) in [6.45, 7) is 4.56. The molecule has 2 N–H and O–H groups in total. The van der Waals surface area contributed by atoms with E-state index in [4.69, 9.17) is 9.05 Å². The van der Waals surface area contributed by atoms with E-state index < -0.39 is 20.0 Å². The first-order valence-corrected chi connectivity index (χ1v) is 32.6. The summed E-state index contributed by atoms with van der Waals surface area (Å²) >= 11 is 0. The number of phosphoric ester groups is 1. The number of rotatable bonds is 57. The Bertz CT molecular complexity index is 1370. The molecule has 0 aromatic carbocycles. The molecule has 0 bridgehead atoms. The predicted molar refractivity (Wildman–Crippen MR) is 316 cm³/mol. The van der Waals surface area contributed by atoms with Crippen molar-refractivity contribution in [2.45, 2.75) is 302 Å². The highest BCUT2D eigenvalue weighted by atomic mass is 31.2. The Kier molecular flexibility index (Phi) is 53.6. The molecule has 0 fully saturated rings. The summed E-state index contributed by atoms with van der Waals surface area (Å²) in [6.07, 6.45) is 74.6. The second kappa shape index (κ2) is 55.0. The zero-order valence-corrected chi connectivity index (χ0v) is 49.7. The number of allylic oxidation sites excluding steroid dienone is 9. The Morgan fingerprint density at radius 3 is 1.22 bits per heavy atom. The molecule has 0 saturated carbocycles. The topological polar surface area (TPSA) is 108 Å². The molecule has 73 heavy (non-hydrogen) atoms. The average molecular weight is 1050 g/mol. The van der Waals surface area contributed by atoms with Gasteiger partial charge in [-0.1, -0.05) is 286 Å². The molecule has 0 aromatic heterocycles. The molecule has 0 rings (SSSR count). The van der Waals surface area contributed by atoms with Crippen molar-refractivity contribution < 1.29 is 32.9 Å². The van der Waals surface area contributed by atoms with Crippen molar-refractivity contribution in [2.75, 3.05) is 40.9 Å². The minimum Gasteiger partial charge on any atom is -0.756 e. The number of carbonyl (C=O) groups excluding carboxylic acids is 1. The van der Waals surface area contributed by atoms with Gasteiger partial charge >= 0.3 is 0 Å². The van der Waals surface area contributed by atoms with Gasteiger partial charge in [-0.15, -0.1) is 0 Å². The number of unbranched alkanes of at least 4 members (excludes halogenated alkanes) is 36. The van der Waals surface area contributed by atoms with Gasteiger partial charge in [-0.2, -0.15) is 0 Å². The maximum absolute atomic E-state index is 13.0. The molecule has 0 aromatic rings. The van der Waals surface area contributed by atoms with Crippen molar-refractivity contribution in [1.29, 1.82) is 0 Å². The highest BCUT2D eigenvalue weighted by Crippen LogP contribution is 2.38. The minimum absolute atomic E-state index is 0.00450. The first kappa shape index (κ1) is 71.2. The van der Waals surface area contributed by atoms with E-state index in [0.717, 1.165) is 77.0 Å². The van der Waals surface area contributed by atoms with Crippen molar-refractivity contribution in [3.8, 4) is 0 Å². The van der Waals surface area contributed by atoms with E-state index in [1.165, 1.54) is 193 Å². The third-order valence-electron chi connectivity index (χ3n) is 14.0. The van der Waals surface area contributed by atoms with Gasteiger partial charge in [0.2, 0.25) is 5.91 Å². The fourth-order valence-electron chi connectivity index (χ4n) is 9.15. The van der Waals surface area contributed by atoms with Gasteiger partial charge in [-0.3, -0.25) is 9.36 Å². The first-order chi connectivity index (χ1) is 35.5. The summed E-state index contributed by atoms with van der Waals surface area (Å²) in [5.74, 6) is -0.204. The molecule has 0 aliphatic carbocycles. The molecule has 0 saturated heterocycles. The molecule has 3 atom stereocenters. The van der Waals surface area contributed by atoms with Crippen LogP contribution in [-0.2, 0) is 18.4 Å². The van der Waals surface area contributed by atoms with Crippen LogP contribution in [0.25, 0.3) is 0 Å². The lowest BCUT2D eigenvalue weighted by Crippen LogP contribution is -2.45. The van der Waals surface area contributed by atoms with Gasteiger partial charge in [-0.25, -0.2) is 0 Å². The van der Waals surface area contributed by atoms with Gasteiger partial charge in [0, 0.05) is 6.42 Å². The fraction of sp³-hybridized carbons (Fsp3) is 0.828. The van der Waals surface area contributed by atoms with E-state index in [0.29, 0.717) is 17.4 Å². The van der Waals surface area contributed by atoms with Crippen LogP contribution in [-0.4, -0.2) is 68.5 Å². The number of phosphoric acid groups is 1. The second-order valence-electron chi connectivity index (χ2n) is 22.4. The lowest BCUT2D eigenvalue weighted by atomic mass is 10.0. The molecule has 0 heterocycles. The van der Waals surface area contributed by atoms with Crippen molar-refractivity contribution in [3.63, 3.8) is 0 Å². The number of aliphatic hydroxyl groups excluding tert-OH is 1. The van der Waals surface area contributed by atoms with E-state index in [9.17, 15) is 19.4 Å². The largest absolute Gasteiger partial charge is 0.756 e. The fourth-order valence-corrected chi connectivity index (χ4v) is 9.87. The van der Waals surface area contributed by atoms with Crippen molar-refractivity contribution in [1.82, 2.24) is 5.32 Å². The molecule has 428 valence electrons. The van der Waals surface area contributed by atoms with Gasteiger partial charge in [-0.05, 0) is 57.8 Å². The Labute approximate surface area is 453 Å². The summed E-state index contributed by atoms with van der Waals surface area (Å²) in [7, 11) is 1.26. The maximum Gasteiger partial charge on any atom is 0.268 e. The quantitative estimate of drug-likeness (QED) is 0.0272. The Balaban J connectivity index is 4.14. The summed E-state index contributed by atoms with van der Waals surface area (Å²) in [5.41, 5.74) is 0. The number of hydrogen-bond acceptors (Lipinski definition) is 6. The molecular formula is C64H121N2O6P. The number of amides is 1. The van der Waals surface area contributed by atoms with Crippen molar-refractivity contribution in [2.24, 2.45) is 0 Å². The number of likely N-dealkylation sites (N-methyl/N-ethyl adjacent to an activating group) is 1. The lowest BCUT2D eigenvalue weighted by Gasteiger charge is -2.29. The number of nitrogens with zero attached hydrogens (tertiary/aromatic N) is 1. The van der Waals surface area contributed by atoms with Crippen molar-refractivity contribution >= 4 is 13.7 Å². The van der Waals surface area contributed by atoms with Gasteiger partial charge in [0.15, 0.2) is 0 Å². The van der Waals surface area contributed by atoms with Gasteiger partial charge in [0.05, 0.1) is 39.9 Å². The average Bonchev–Trinajstić information content (AvgIpc) is 3.35. The van der Waals surface area contributed by atoms with Crippen LogP contribution in [0.5, 0.6) is 0 Å². The molecule has 0 radical (unpaired) electrons. The van der Waals surface area contributed by atoms with Crippen LogP contribution in [0.3, 0.4) is 0 Å². The summed E-state index contributed by atoms with van der Waals surface area (Å²) < 4.78 is 23.4. The van der Waals surface area contributed by atoms with Crippen molar-refractivity contribution in [3.05, 3.63) is 60.8 Å². The standard InChI is InChI=1S/C64H121N2O6P/c1-6-8-10-12-14-16-18-20-22-24-26-28-29-30-31-32-33-34-35-36-38-39-41-43-45-47-49-51-53-55-57-63(67)62(61-72-73(69,70)71-60-59-66(3,4)5)65-64(68)58-56-54-52-50-48-46-44-42-40-37-27-25-23-21-19-17-15-13-11-9-7-2/h9,11,15,17,21,23,27,37,55,57,62-63,67H,6-8,10,12-14,16,18-20,22,24-26,28-36,38-54,56,58-61H2,1-5H3,(H-,65,68,69,70)/b11-9-,17-15-,23-21-,37-27-,57-55+. The van der Waals surface area contributed by atoms with E-state index in [-0.39, 0.29) is 19.1 Å². The van der Waals surface area contributed by atoms with E-state index in [1.807, 2.05) is 27.2 Å². The molecule has 0 aliphatic heterocycles. The third-order valence-corrected chi connectivity index (χ3v) is 14.9. The smallest absolute Gasteiger partial charge is 0.268 e. The third kappa shape index (κ3) is 57.7. The lowest BCUT2D eigenvalue weighted by molar-refractivity contribution is -0.870. The Hall–Kier alpha value is -1.80. The normalized spacial score (nSPS) is 14.2. The monoisotopic (exact) mass is 1040 g/mol. The molecule has 0 aliphatic rings. The predicted octanol–water partition coefficient (Wildman–Crippen LogP) is 18.6. The minimum atomic E-state index is -4.60. The molecule has 0 spiro atoms. The summed E-state index contributed by atoms with van der Waals surface area (Å²) in [4.78, 5) is 25.5. The van der Waals surface area contributed by atoms with Gasteiger partial charge in [0.1, 0.15) is 13.2 Å². The van der Waals surface area contributed by atoms with Crippen LogP contribution < -0.4 is 10.2 Å². The molecule has 1 amide bonds. The van der Waals surface area contributed by atoms with Crippen LogP contribution in [0.2, 0.25) is 0 Å². The molecule has 3 unspecified atom stereocenters. The second-order valence-corrected chi connectivity index (χ2v) is 23.8. The Morgan fingerprint density at radius 1 is 0.493 bits per heavy atom. The number of aliphatic hydroxyl groups is 1. The highest BCUT2D eigenvalue weighted by molar-refractivity contribution is 7.45. The van der Waals surface area contributed by atoms with Gasteiger partial charge in [0.25, 0.3) is 7.82 Å². The number of hydrogen-bond donors (Lipinski definition) is 2. The number of nitrogens with one attached hydrogen (secondary N) is 1.